The van der Waals surface area contributed by atoms with Gasteiger partial charge in [0.2, 0.25) is 5.91 Å². The molecule has 3 rings (SSSR count). The quantitative estimate of drug-likeness (QED) is 0.703. The van der Waals surface area contributed by atoms with Crippen LogP contribution in [0.3, 0.4) is 0 Å². The fourth-order valence-electron chi connectivity index (χ4n) is 4.46. The summed E-state index contributed by atoms with van der Waals surface area (Å²) in [6.45, 7) is 2.55. The minimum Gasteiger partial charge on any atom is -0.504 e. The molecule has 6 heteroatoms. The summed E-state index contributed by atoms with van der Waals surface area (Å²) in [6, 6.07) is 5.04. The van der Waals surface area contributed by atoms with E-state index in [1.807, 2.05) is 0 Å². The summed E-state index contributed by atoms with van der Waals surface area (Å²) in [4.78, 5) is 25.1. The number of carbonyl (C=O) groups is 2. The van der Waals surface area contributed by atoms with Crippen LogP contribution >= 0.6 is 0 Å². The minimum atomic E-state index is -0.0745. The van der Waals surface area contributed by atoms with Crippen molar-refractivity contribution in [3.8, 4) is 11.5 Å². The predicted octanol–water partition coefficient (Wildman–Crippen LogP) is 3.95. The summed E-state index contributed by atoms with van der Waals surface area (Å²) in [7, 11) is 1.50. The van der Waals surface area contributed by atoms with E-state index < -0.39 is 0 Å². The monoisotopic (exact) mass is 403 g/mol. The Morgan fingerprint density at radius 2 is 1.76 bits per heavy atom. The molecule has 2 atom stereocenters. The Hall–Kier alpha value is -2.24. The van der Waals surface area contributed by atoms with Gasteiger partial charge in [0, 0.05) is 12.5 Å². The van der Waals surface area contributed by atoms with E-state index in [0.717, 1.165) is 24.8 Å². The van der Waals surface area contributed by atoms with Crippen LogP contribution in [0, 0.1) is 17.8 Å². The summed E-state index contributed by atoms with van der Waals surface area (Å²) in [5.41, 5.74) is 0.867. The first-order valence-electron chi connectivity index (χ1n) is 10.8. The summed E-state index contributed by atoms with van der Waals surface area (Å²) in [5.74, 6) is 0.733. The standard InChI is InChI=1S/C23H33NO5/c1-15-5-3-4-6-20(15)29-23(27)18-10-8-17(9-11-18)22(26)24-14-16-7-12-19(25)21(13-16)28-2/h7,12-13,15,17-18,20,25H,3-6,8-11,14H2,1-2H3,(H,24,26)/t15-,17?,18?,20+/m0/s1. The van der Waals surface area contributed by atoms with Crippen LogP contribution in [0.4, 0.5) is 0 Å². The number of aromatic hydroxyl groups is 1. The zero-order valence-corrected chi connectivity index (χ0v) is 17.5. The van der Waals surface area contributed by atoms with Crippen LogP contribution in [-0.2, 0) is 20.9 Å². The Labute approximate surface area is 173 Å². The van der Waals surface area contributed by atoms with Crippen LogP contribution in [0.25, 0.3) is 0 Å². The molecule has 0 aromatic heterocycles. The van der Waals surface area contributed by atoms with Gasteiger partial charge in [0.15, 0.2) is 11.5 Å². The van der Waals surface area contributed by atoms with Gasteiger partial charge in [0.1, 0.15) is 6.10 Å². The topological polar surface area (TPSA) is 84.9 Å². The van der Waals surface area contributed by atoms with Crippen LogP contribution in [-0.4, -0.2) is 30.2 Å². The molecule has 2 saturated carbocycles. The first-order valence-corrected chi connectivity index (χ1v) is 10.8. The van der Waals surface area contributed by atoms with Crippen LogP contribution in [0.15, 0.2) is 18.2 Å². The third kappa shape index (κ3) is 5.64. The number of carbonyl (C=O) groups excluding carboxylic acids is 2. The third-order valence-electron chi connectivity index (χ3n) is 6.44. The Bertz CT molecular complexity index is 711. The number of methoxy groups -OCH3 is 1. The molecule has 2 N–H and O–H groups in total. The molecular formula is C23H33NO5. The number of phenolic OH excluding ortho intramolecular Hbond substituents is 1. The molecule has 1 amide bonds. The molecule has 0 heterocycles. The number of hydrogen-bond donors (Lipinski definition) is 2. The normalized spacial score (nSPS) is 27.1. The fourth-order valence-corrected chi connectivity index (χ4v) is 4.46. The van der Waals surface area contributed by atoms with E-state index in [2.05, 4.69) is 12.2 Å². The molecule has 0 aliphatic heterocycles. The number of esters is 1. The summed E-state index contributed by atoms with van der Waals surface area (Å²) in [6.07, 6.45) is 7.41. The number of phenols is 1. The number of benzene rings is 1. The molecule has 0 radical (unpaired) electrons. The van der Waals surface area contributed by atoms with Gasteiger partial charge >= 0.3 is 5.97 Å². The first-order chi connectivity index (χ1) is 14.0. The van der Waals surface area contributed by atoms with Gasteiger partial charge in [-0.2, -0.15) is 0 Å². The number of nitrogens with one attached hydrogen (secondary N) is 1. The molecular weight excluding hydrogens is 370 g/mol. The van der Waals surface area contributed by atoms with Gasteiger partial charge in [-0.1, -0.05) is 19.4 Å². The van der Waals surface area contributed by atoms with E-state index in [1.54, 1.807) is 18.2 Å². The minimum absolute atomic E-state index is 0.0183. The number of rotatable bonds is 6. The Kier molecular flexibility index (Phi) is 7.40. The second kappa shape index (κ2) is 9.99. The Balaban J connectivity index is 1.42. The smallest absolute Gasteiger partial charge is 0.309 e. The van der Waals surface area contributed by atoms with Crippen molar-refractivity contribution >= 4 is 11.9 Å². The zero-order chi connectivity index (χ0) is 20.8. The van der Waals surface area contributed by atoms with Crippen molar-refractivity contribution in [2.45, 2.75) is 70.9 Å². The highest BCUT2D eigenvalue weighted by molar-refractivity contribution is 5.79. The molecule has 0 bridgehead atoms. The third-order valence-corrected chi connectivity index (χ3v) is 6.44. The maximum atomic E-state index is 12.5. The average Bonchev–Trinajstić information content (AvgIpc) is 2.74. The SMILES string of the molecule is COc1cc(CNC(=O)C2CCC(C(=O)O[C@@H]3CCCC[C@@H]3C)CC2)ccc1O. The lowest BCUT2D eigenvalue weighted by atomic mass is 9.81. The van der Waals surface area contributed by atoms with Gasteiger partial charge in [-0.25, -0.2) is 0 Å². The molecule has 0 spiro atoms. The maximum Gasteiger partial charge on any atom is 0.309 e. The second-order valence-electron chi connectivity index (χ2n) is 8.51. The number of ether oxygens (including phenoxy) is 2. The molecule has 160 valence electrons. The Morgan fingerprint density at radius 3 is 2.45 bits per heavy atom. The summed E-state index contributed by atoms with van der Waals surface area (Å²) in [5, 5.41) is 12.6. The molecule has 29 heavy (non-hydrogen) atoms. The van der Waals surface area contributed by atoms with E-state index in [0.29, 0.717) is 43.9 Å². The van der Waals surface area contributed by atoms with E-state index in [1.165, 1.54) is 13.5 Å². The molecule has 2 aliphatic carbocycles. The van der Waals surface area contributed by atoms with Gasteiger partial charge in [-0.15, -0.1) is 0 Å². The maximum absolute atomic E-state index is 12.5. The molecule has 0 saturated heterocycles. The van der Waals surface area contributed by atoms with Crippen molar-refractivity contribution < 1.29 is 24.2 Å². The van der Waals surface area contributed by atoms with Crippen LogP contribution in [0.1, 0.15) is 63.9 Å². The summed E-state index contributed by atoms with van der Waals surface area (Å²) >= 11 is 0. The molecule has 1 aromatic rings. The molecule has 6 nitrogen and oxygen atoms in total. The van der Waals surface area contributed by atoms with Gasteiger partial charge in [0.05, 0.1) is 13.0 Å². The lowest BCUT2D eigenvalue weighted by Crippen LogP contribution is -2.36. The second-order valence-corrected chi connectivity index (χ2v) is 8.51. The first kappa shape index (κ1) is 21.5. The van der Waals surface area contributed by atoms with E-state index in [-0.39, 0.29) is 35.6 Å². The van der Waals surface area contributed by atoms with Crippen molar-refractivity contribution in [1.29, 1.82) is 0 Å². The van der Waals surface area contributed by atoms with Crippen molar-refractivity contribution in [2.75, 3.05) is 7.11 Å². The van der Waals surface area contributed by atoms with Crippen molar-refractivity contribution in [1.82, 2.24) is 5.32 Å². The zero-order valence-electron chi connectivity index (χ0n) is 17.5. The van der Waals surface area contributed by atoms with Gasteiger partial charge in [0.25, 0.3) is 0 Å². The van der Waals surface area contributed by atoms with E-state index in [9.17, 15) is 14.7 Å². The van der Waals surface area contributed by atoms with E-state index in [4.69, 9.17) is 9.47 Å². The largest absolute Gasteiger partial charge is 0.504 e. The molecule has 2 aliphatic rings. The van der Waals surface area contributed by atoms with E-state index >= 15 is 0 Å². The highest BCUT2D eigenvalue weighted by atomic mass is 16.5. The highest BCUT2D eigenvalue weighted by Gasteiger charge is 2.33. The fraction of sp³-hybridized carbons (Fsp3) is 0.652. The van der Waals surface area contributed by atoms with Crippen molar-refractivity contribution in [3.05, 3.63) is 23.8 Å². The highest BCUT2D eigenvalue weighted by Crippen LogP contribution is 2.33. The lowest BCUT2D eigenvalue weighted by Gasteiger charge is -2.32. The average molecular weight is 404 g/mol. The molecule has 2 fully saturated rings. The molecule has 1 aromatic carbocycles. The van der Waals surface area contributed by atoms with Crippen LogP contribution in [0.5, 0.6) is 11.5 Å². The van der Waals surface area contributed by atoms with Crippen LogP contribution in [0.2, 0.25) is 0 Å². The molecule has 0 unspecified atom stereocenters. The summed E-state index contributed by atoms with van der Waals surface area (Å²) < 4.78 is 10.9. The van der Waals surface area contributed by atoms with Crippen molar-refractivity contribution in [2.24, 2.45) is 17.8 Å². The van der Waals surface area contributed by atoms with Crippen molar-refractivity contribution in [3.63, 3.8) is 0 Å². The van der Waals surface area contributed by atoms with Gasteiger partial charge < -0.3 is 19.9 Å². The number of hydrogen-bond acceptors (Lipinski definition) is 5. The van der Waals surface area contributed by atoms with Gasteiger partial charge in [-0.3, -0.25) is 9.59 Å². The lowest BCUT2D eigenvalue weighted by molar-refractivity contribution is -0.160. The van der Waals surface area contributed by atoms with Crippen LogP contribution < -0.4 is 10.1 Å². The predicted molar refractivity (Wildman–Crippen MR) is 109 cm³/mol. The number of amides is 1. The Morgan fingerprint density at radius 1 is 1.07 bits per heavy atom. The van der Waals surface area contributed by atoms with Gasteiger partial charge in [-0.05, 0) is 68.6 Å².